The van der Waals surface area contributed by atoms with Crippen LogP contribution < -0.4 is 0 Å². The quantitative estimate of drug-likeness (QED) is 0.181. The summed E-state index contributed by atoms with van der Waals surface area (Å²) in [6, 6.07) is 0. The van der Waals surface area contributed by atoms with E-state index in [2.05, 4.69) is 19.6 Å². The molecule has 0 N–H and O–H groups in total. The van der Waals surface area contributed by atoms with Crippen molar-refractivity contribution in [1.29, 1.82) is 0 Å². The van der Waals surface area contributed by atoms with Crippen LogP contribution in [-0.2, 0) is 9.53 Å². The minimum atomic E-state index is -0.851. The van der Waals surface area contributed by atoms with Crippen LogP contribution in [0.5, 0.6) is 0 Å². The van der Waals surface area contributed by atoms with Gasteiger partial charge in [-0.25, -0.2) is 9.78 Å². The van der Waals surface area contributed by atoms with E-state index < -0.39 is 17.5 Å². The van der Waals surface area contributed by atoms with Crippen molar-refractivity contribution >= 4 is 17.5 Å². The molecule has 0 amide bonds. The first-order valence-electron chi connectivity index (χ1n) is 4.48. The lowest BCUT2D eigenvalue weighted by Gasteiger charge is -1.92. The maximum absolute atomic E-state index is 11.7. The van der Waals surface area contributed by atoms with Crippen molar-refractivity contribution < 1.29 is 23.5 Å². The van der Waals surface area contributed by atoms with Crippen LogP contribution >= 0.6 is 0 Å². The van der Waals surface area contributed by atoms with Crippen LogP contribution in [0.15, 0.2) is 22.0 Å². The average molecular weight is 224 g/mol. The molecule has 1 aromatic heterocycles. The second-order valence-electron chi connectivity index (χ2n) is 2.54. The lowest BCUT2D eigenvalue weighted by molar-refractivity contribution is -0.144. The Labute approximate surface area is 90.9 Å². The first kappa shape index (κ1) is 11.8. The molecule has 0 saturated carbocycles. The summed E-state index contributed by atoms with van der Waals surface area (Å²) in [6.45, 7) is 1.76. The highest BCUT2D eigenvalue weighted by Crippen LogP contribution is 1.98. The normalized spacial score (nSPS) is 9.12. The number of nitrogens with zero attached hydrogens (tertiary/aromatic N) is 3. The van der Waals surface area contributed by atoms with Crippen LogP contribution in [0.3, 0.4) is 0 Å². The van der Waals surface area contributed by atoms with E-state index in [1.807, 2.05) is 0 Å². The molecule has 7 heteroatoms. The predicted octanol–water partition coefficient (Wildman–Crippen LogP) is 0.152. The second-order valence-corrected chi connectivity index (χ2v) is 2.54. The minimum absolute atomic E-state index is 0.139. The third kappa shape index (κ3) is 2.61. The van der Waals surface area contributed by atoms with E-state index in [0.717, 1.165) is 0 Å². The number of aromatic nitrogens is 1. The minimum Gasteiger partial charge on any atom is -0.457 e. The number of rotatable bonds is 4. The molecule has 0 unspecified atom stereocenters. The second kappa shape index (κ2) is 5.57. The van der Waals surface area contributed by atoms with Crippen molar-refractivity contribution in [3.63, 3.8) is 0 Å². The number of Topliss-reactive ketones (excluding diaryl/α,β-unsaturated/α-hetero) is 1. The van der Waals surface area contributed by atoms with Crippen molar-refractivity contribution in [2.24, 2.45) is 5.11 Å². The smallest absolute Gasteiger partial charge is 0.457 e. The highest BCUT2D eigenvalue weighted by Gasteiger charge is 2.37. The Balaban J connectivity index is 3.01. The third-order valence-corrected chi connectivity index (χ3v) is 1.51. The van der Waals surface area contributed by atoms with Gasteiger partial charge in [-0.05, 0) is 6.92 Å². The first-order valence-corrected chi connectivity index (χ1v) is 4.48. The largest absolute Gasteiger partial charge is 0.500 e. The summed E-state index contributed by atoms with van der Waals surface area (Å²) in [5, 5.41) is 3.37. The summed E-state index contributed by atoms with van der Waals surface area (Å²) in [4.78, 5) is 30.1. The number of carbonyl (C=O) groups excluding carboxylic acids is 2. The van der Waals surface area contributed by atoms with Gasteiger partial charge >= 0.3 is 17.5 Å². The summed E-state index contributed by atoms with van der Waals surface area (Å²) >= 11 is 0. The van der Waals surface area contributed by atoms with E-state index in [1.54, 1.807) is 6.92 Å². The number of hydrogen-bond acceptors (Lipinski definition) is 6. The molecule has 0 radical (unpaired) electrons. The maximum Gasteiger partial charge on any atom is 0.500 e. The lowest BCUT2D eigenvalue weighted by atomic mass is 10.2. The molecule has 1 rings (SSSR count). The topological polar surface area (TPSA) is 95.9 Å². The molecule has 7 nitrogen and oxygen atoms in total. The average Bonchev–Trinajstić information content (AvgIpc) is 2.78. The van der Waals surface area contributed by atoms with Crippen molar-refractivity contribution in [2.45, 2.75) is 6.92 Å². The Kier molecular flexibility index (Phi) is 4.11. The Hall–Kier alpha value is -2.27. The number of esters is 1. The van der Waals surface area contributed by atoms with Gasteiger partial charge in [-0.15, -0.1) is 0 Å². The van der Waals surface area contributed by atoms with E-state index >= 15 is 0 Å². The zero-order valence-corrected chi connectivity index (χ0v) is 8.84. The summed E-state index contributed by atoms with van der Waals surface area (Å²) in [6.07, 6.45) is 2.51. The molecule has 0 aliphatic rings. The van der Waals surface area contributed by atoms with E-state index in [-0.39, 0.29) is 12.5 Å². The fourth-order valence-corrected chi connectivity index (χ4v) is 0.915. The molecule has 0 spiro atoms. The van der Waals surface area contributed by atoms with Gasteiger partial charge in [-0.3, -0.25) is 4.79 Å². The standard InChI is InChI=1S/C9H10N3O4/c1-3-15-9(14)6(12-10-2)7(13)8-11-4-5-16-8/h4-5H,3H2,1-2H3/q+1. The highest BCUT2D eigenvalue weighted by molar-refractivity contribution is 6.65. The summed E-state index contributed by atoms with van der Waals surface area (Å²) in [7, 11) is 1.34. The van der Waals surface area contributed by atoms with Crippen LogP contribution in [0.25, 0.3) is 0 Å². The molecule has 0 aromatic carbocycles. The van der Waals surface area contributed by atoms with Gasteiger partial charge < -0.3 is 9.15 Å². The Morgan fingerprint density at radius 2 is 2.38 bits per heavy atom. The fraction of sp³-hybridized carbons (Fsp3) is 0.333. The van der Waals surface area contributed by atoms with Crippen LogP contribution in [0.4, 0.5) is 0 Å². The molecule has 0 aliphatic heterocycles. The molecule has 1 aromatic rings. The SMILES string of the molecule is CCOC(=O)C(=[N+]=NC)C(=O)c1ncco1. The zero-order chi connectivity index (χ0) is 12.0. The van der Waals surface area contributed by atoms with Gasteiger partial charge in [-0.1, -0.05) is 0 Å². The summed E-state index contributed by atoms with van der Waals surface area (Å²) in [5.41, 5.74) is -0.452. The number of oxazole rings is 1. The van der Waals surface area contributed by atoms with Gasteiger partial charge in [0.1, 0.15) is 13.3 Å². The molecule has 0 saturated heterocycles. The van der Waals surface area contributed by atoms with Gasteiger partial charge in [0.05, 0.1) is 22.7 Å². The van der Waals surface area contributed by atoms with Gasteiger partial charge in [0, 0.05) is 0 Å². The Morgan fingerprint density at radius 3 is 2.88 bits per heavy atom. The van der Waals surface area contributed by atoms with Gasteiger partial charge in [0.15, 0.2) is 0 Å². The monoisotopic (exact) mass is 224 g/mol. The number of ketones is 1. The van der Waals surface area contributed by atoms with E-state index in [9.17, 15) is 9.59 Å². The molecular formula is C9H10N3O4+. The number of ether oxygens (including phenoxy) is 1. The third-order valence-electron chi connectivity index (χ3n) is 1.51. The van der Waals surface area contributed by atoms with Crippen molar-refractivity contribution in [3.05, 3.63) is 18.4 Å². The molecular weight excluding hydrogens is 214 g/mol. The van der Waals surface area contributed by atoms with Crippen molar-refractivity contribution in [1.82, 2.24) is 4.98 Å². The van der Waals surface area contributed by atoms with E-state index in [0.29, 0.717) is 0 Å². The lowest BCUT2D eigenvalue weighted by Crippen LogP contribution is -2.28. The Bertz CT molecular complexity index is 443. The van der Waals surface area contributed by atoms with Gasteiger partial charge in [0.2, 0.25) is 0 Å². The van der Waals surface area contributed by atoms with Crippen LogP contribution in [0.1, 0.15) is 17.6 Å². The molecule has 0 bridgehead atoms. The molecule has 16 heavy (non-hydrogen) atoms. The molecule has 0 atom stereocenters. The van der Waals surface area contributed by atoms with E-state index in [4.69, 9.17) is 4.42 Å². The van der Waals surface area contributed by atoms with E-state index in [1.165, 1.54) is 19.5 Å². The fourth-order valence-electron chi connectivity index (χ4n) is 0.915. The zero-order valence-electron chi connectivity index (χ0n) is 8.84. The predicted molar refractivity (Wildman–Crippen MR) is 51.1 cm³/mol. The first-order chi connectivity index (χ1) is 7.70. The number of carbonyl (C=O) groups is 2. The van der Waals surface area contributed by atoms with Crippen LogP contribution in [0.2, 0.25) is 0 Å². The van der Waals surface area contributed by atoms with Gasteiger partial charge in [0.25, 0.3) is 5.89 Å². The maximum atomic E-state index is 11.7. The van der Waals surface area contributed by atoms with Gasteiger partial charge in [-0.2, -0.15) is 0 Å². The molecule has 1 heterocycles. The summed E-state index contributed by atoms with van der Waals surface area (Å²) < 4.78 is 9.42. The highest BCUT2D eigenvalue weighted by atomic mass is 16.5. The molecule has 0 fully saturated rings. The molecule has 84 valence electrons. The molecule has 0 aliphatic carbocycles. The van der Waals surface area contributed by atoms with Crippen molar-refractivity contribution in [3.8, 4) is 0 Å². The Morgan fingerprint density at radius 1 is 1.62 bits per heavy atom. The van der Waals surface area contributed by atoms with Crippen LogP contribution in [0, 0.1) is 0 Å². The summed E-state index contributed by atoms with van der Waals surface area (Å²) in [5.74, 6) is -1.83. The number of hydrogen-bond donors (Lipinski definition) is 0. The van der Waals surface area contributed by atoms with Crippen molar-refractivity contribution in [2.75, 3.05) is 13.7 Å². The van der Waals surface area contributed by atoms with Crippen LogP contribution in [-0.4, -0.2) is 40.9 Å².